The van der Waals surface area contributed by atoms with E-state index in [0.29, 0.717) is 17.4 Å². The van der Waals surface area contributed by atoms with E-state index in [-0.39, 0.29) is 5.70 Å². The van der Waals surface area contributed by atoms with E-state index in [1.807, 2.05) is 30.3 Å². The third-order valence-corrected chi connectivity index (χ3v) is 3.32. The molecule has 0 amide bonds. The van der Waals surface area contributed by atoms with Gasteiger partial charge in [0.25, 0.3) is 0 Å². The Hall–Kier alpha value is -3.08. The van der Waals surface area contributed by atoms with Crippen molar-refractivity contribution in [3.8, 4) is 11.5 Å². The van der Waals surface area contributed by atoms with Gasteiger partial charge in [0.15, 0.2) is 5.70 Å². The molecule has 0 spiro atoms. The van der Waals surface area contributed by atoms with Crippen LogP contribution in [0.1, 0.15) is 11.1 Å². The van der Waals surface area contributed by atoms with Gasteiger partial charge in [0.2, 0.25) is 5.90 Å². The van der Waals surface area contributed by atoms with Gasteiger partial charge in [-0.25, -0.2) is 9.79 Å². The summed E-state index contributed by atoms with van der Waals surface area (Å²) in [4.78, 5) is 16.3. The van der Waals surface area contributed by atoms with Crippen LogP contribution in [0.15, 0.2) is 59.2 Å². The fraction of sp³-hybridized carbons (Fsp3) is 0.111. The minimum absolute atomic E-state index is 0.235. The number of cyclic esters (lactones) is 1. The van der Waals surface area contributed by atoms with Gasteiger partial charge in [-0.2, -0.15) is 0 Å². The van der Waals surface area contributed by atoms with Crippen molar-refractivity contribution in [3.05, 3.63) is 65.4 Å². The number of rotatable bonds is 4. The molecule has 0 saturated carbocycles. The molecule has 23 heavy (non-hydrogen) atoms. The van der Waals surface area contributed by atoms with Gasteiger partial charge in [0.05, 0.1) is 14.2 Å². The van der Waals surface area contributed by atoms with Crippen LogP contribution in [-0.4, -0.2) is 26.1 Å². The maximum absolute atomic E-state index is 12.0. The van der Waals surface area contributed by atoms with Gasteiger partial charge < -0.3 is 14.2 Å². The summed E-state index contributed by atoms with van der Waals surface area (Å²) in [6.07, 6.45) is 1.64. The number of carbonyl (C=O) groups excluding carboxylic acids is 1. The highest BCUT2D eigenvalue weighted by atomic mass is 16.6. The van der Waals surface area contributed by atoms with Gasteiger partial charge in [-0.05, 0) is 35.9 Å². The largest absolute Gasteiger partial charge is 0.497 e. The highest BCUT2D eigenvalue weighted by Crippen LogP contribution is 2.26. The summed E-state index contributed by atoms with van der Waals surface area (Å²) in [5, 5.41) is 0. The molecule has 5 nitrogen and oxygen atoms in total. The number of nitrogens with zero attached hydrogens (tertiary/aromatic N) is 1. The monoisotopic (exact) mass is 309 g/mol. The Kier molecular flexibility index (Phi) is 4.10. The number of methoxy groups -OCH3 is 2. The molecule has 3 rings (SSSR count). The molecule has 0 N–H and O–H groups in total. The maximum Gasteiger partial charge on any atom is 0.363 e. The van der Waals surface area contributed by atoms with Crippen molar-refractivity contribution < 1.29 is 19.0 Å². The molecular weight excluding hydrogens is 294 g/mol. The summed E-state index contributed by atoms with van der Waals surface area (Å²) in [5.41, 5.74) is 1.73. The predicted molar refractivity (Wildman–Crippen MR) is 86.6 cm³/mol. The van der Waals surface area contributed by atoms with Crippen molar-refractivity contribution >= 4 is 17.9 Å². The molecule has 116 valence electrons. The van der Waals surface area contributed by atoms with Crippen molar-refractivity contribution in [2.24, 2.45) is 4.99 Å². The molecule has 0 saturated heterocycles. The zero-order chi connectivity index (χ0) is 16.2. The molecule has 1 aliphatic rings. The summed E-state index contributed by atoms with van der Waals surface area (Å²) in [5.74, 6) is 1.09. The highest BCUT2D eigenvalue weighted by molar-refractivity contribution is 6.12. The quantitative estimate of drug-likeness (QED) is 0.643. The molecule has 0 fully saturated rings. The normalized spacial score (nSPS) is 15.3. The molecule has 0 bridgehead atoms. The minimum atomic E-state index is -0.481. The molecule has 1 aliphatic heterocycles. The van der Waals surface area contributed by atoms with Gasteiger partial charge in [-0.3, -0.25) is 0 Å². The summed E-state index contributed by atoms with van der Waals surface area (Å²) >= 11 is 0. The Balaban J connectivity index is 1.96. The van der Waals surface area contributed by atoms with Crippen LogP contribution in [0.4, 0.5) is 0 Å². The molecule has 0 unspecified atom stereocenters. The van der Waals surface area contributed by atoms with Crippen molar-refractivity contribution in [2.75, 3.05) is 14.2 Å². The van der Waals surface area contributed by atoms with Gasteiger partial charge in [0, 0.05) is 11.6 Å². The number of ether oxygens (including phenoxy) is 3. The summed E-state index contributed by atoms with van der Waals surface area (Å²) in [6, 6.07) is 14.6. The van der Waals surface area contributed by atoms with E-state index in [2.05, 4.69) is 4.99 Å². The Labute approximate surface area is 133 Å². The molecule has 0 radical (unpaired) electrons. The van der Waals surface area contributed by atoms with E-state index < -0.39 is 5.97 Å². The van der Waals surface area contributed by atoms with E-state index in [9.17, 15) is 4.79 Å². The van der Waals surface area contributed by atoms with Crippen LogP contribution in [0, 0.1) is 0 Å². The Morgan fingerprint density at radius 3 is 2.26 bits per heavy atom. The van der Waals surface area contributed by atoms with E-state index in [1.165, 1.54) is 0 Å². The topological polar surface area (TPSA) is 57.1 Å². The van der Waals surface area contributed by atoms with Crippen LogP contribution in [0.5, 0.6) is 11.5 Å². The Bertz CT molecular complexity index is 772. The molecule has 0 atom stereocenters. The lowest BCUT2D eigenvalue weighted by molar-refractivity contribution is -0.129. The zero-order valence-corrected chi connectivity index (χ0v) is 12.8. The second-order valence-electron chi connectivity index (χ2n) is 4.85. The Morgan fingerprint density at radius 1 is 1.00 bits per heavy atom. The minimum Gasteiger partial charge on any atom is -0.497 e. The number of carbonyl (C=O) groups is 1. The van der Waals surface area contributed by atoms with E-state index in [0.717, 1.165) is 11.1 Å². The van der Waals surface area contributed by atoms with Crippen molar-refractivity contribution in [1.29, 1.82) is 0 Å². The molecule has 5 heteroatoms. The van der Waals surface area contributed by atoms with Crippen LogP contribution in [-0.2, 0) is 9.53 Å². The fourth-order valence-corrected chi connectivity index (χ4v) is 2.18. The lowest BCUT2D eigenvalue weighted by Gasteiger charge is -2.05. The predicted octanol–water partition coefficient (Wildman–Crippen LogP) is 3.05. The standard InChI is InChI=1S/C18H15NO4/c1-21-14-8-12(9-15(11-14)22-2)10-16-18(20)23-17(19-16)13-6-4-3-5-7-13/h3-11H,1-2H3/b16-10-. The molecule has 1 heterocycles. The summed E-state index contributed by atoms with van der Waals surface area (Å²) < 4.78 is 15.7. The van der Waals surface area contributed by atoms with Gasteiger partial charge in [-0.1, -0.05) is 18.2 Å². The van der Waals surface area contributed by atoms with Crippen LogP contribution in [0.2, 0.25) is 0 Å². The Morgan fingerprint density at radius 2 is 1.65 bits per heavy atom. The van der Waals surface area contributed by atoms with E-state index in [4.69, 9.17) is 14.2 Å². The molecule has 2 aromatic carbocycles. The number of hydrogen-bond acceptors (Lipinski definition) is 5. The van der Waals surface area contributed by atoms with Crippen LogP contribution in [0.3, 0.4) is 0 Å². The average Bonchev–Trinajstić information content (AvgIpc) is 2.96. The van der Waals surface area contributed by atoms with Gasteiger partial charge in [0.1, 0.15) is 11.5 Å². The van der Waals surface area contributed by atoms with Crippen LogP contribution < -0.4 is 9.47 Å². The molecule has 0 aromatic heterocycles. The summed E-state index contributed by atoms with van der Waals surface area (Å²) in [7, 11) is 3.14. The van der Waals surface area contributed by atoms with Crippen LogP contribution >= 0.6 is 0 Å². The second-order valence-corrected chi connectivity index (χ2v) is 4.85. The maximum atomic E-state index is 12.0. The molecule has 2 aromatic rings. The number of hydrogen-bond donors (Lipinski definition) is 0. The van der Waals surface area contributed by atoms with Crippen LogP contribution in [0.25, 0.3) is 6.08 Å². The number of esters is 1. The van der Waals surface area contributed by atoms with Crippen molar-refractivity contribution in [3.63, 3.8) is 0 Å². The molecule has 0 aliphatic carbocycles. The first kappa shape index (κ1) is 14.8. The van der Waals surface area contributed by atoms with Crippen molar-refractivity contribution in [2.45, 2.75) is 0 Å². The van der Waals surface area contributed by atoms with E-state index >= 15 is 0 Å². The zero-order valence-electron chi connectivity index (χ0n) is 12.8. The first-order valence-corrected chi connectivity index (χ1v) is 7.00. The highest BCUT2D eigenvalue weighted by Gasteiger charge is 2.24. The first-order chi connectivity index (χ1) is 11.2. The lowest BCUT2D eigenvalue weighted by atomic mass is 10.1. The van der Waals surface area contributed by atoms with Gasteiger partial charge in [-0.15, -0.1) is 0 Å². The third kappa shape index (κ3) is 3.23. The number of aliphatic imine (C=N–C) groups is 1. The smallest absolute Gasteiger partial charge is 0.363 e. The van der Waals surface area contributed by atoms with E-state index in [1.54, 1.807) is 38.5 Å². The lowest BCUT2D eigenvalue weighted by Crippen LogP contribution is -2.04. The number of benzene rings is 2. The SMILES string of the molecule is COc1cc(/C=C2\N=C(c3ccccc3)OC2=O)cc(OC)c1. The van der Waals surface area contributed by atoms with Gasteiger partial charge >= 0.3 is 5.97 Å². The van der Waals surface area contributed by atoms with Crippen molar-refractivity contribution in [1.82, 2.24) is 0 Å². The second kappa shape index (κ2) is 6.36. The summed E-state index contributed by atoms with van der Waals surface area (Å²) in [6.45, 7) is 0. The third-order valence-electron chi connectivity index (χ3n) is 3.32. The fourth-order valence-electron chi connectivity index (χ4n) is 2.18. The molecular formula is C18H15NO4. The average molecular weight is 309 g/mol. The first-order valence-electron chi connectivity index (χ1n) is 7.00.